The van der Waals surface area contributed by atoms with Crippen molar-refractivity contribution in [1.82, 2.24) is 0 Å². The van der Waals surface area contributed by atoms with Crippen molar-refractivity contribution in [2.75, 3.05) is 6.61 Å². The van der Waals surface area contributed by atoms with Gasteiger partial charge in [-0.3, -0.25) is 0 Å². The monoisotopic (exact) mass is 372 g/mol. The molecule has 0 bridgehead atoms. The third kappa shape index (κ3) is 4.82. The minimum atomic E-state index is -1.88. The van der Waals surface area contributed by atoms with Gasteiger partial charge < -0.3 is 14.0 Å². The maximum absolute atomic E-state index is 10.3. The first-order chi connectivity index (χ1) is 10.5. The van der Waals surface area contributed by atoms with E-state index in [1.165, 1.54) is 0 Å². The highest BCUT2D eigenvalue weighted by atomic mass is 28.4. The average molecular weight is 373 g/mol. The summed E-state index contributed by atoms with van der Waals surface area (Å²) in [7, 11) is -3.69. The van der Waals surface area contributed by atoms with Crippen LogP contribution in [0, 0.1) is 5.92 Å². The minimum absolute atomic E-state index is 0.0261. The molecule has 0 aliphatic heterocycles. The molecule has 142 valence electrons. The van der Waals surface area contributed by atoms with Gasteiger partial charge in [0.05, 0.1) is 12.2 Å². The van der Waals surface area contributed by atoms with E-state index in [2.05, 4.69) is 74.3 Å². The summed E-state index contributed by atoms with van der Waals surface area (Å²) in [6.45, 7) is 27.3. The molecule has 0 aromatic rings. The first-order valence-corrected chi connectivity index (χ1v) is 15.0. The van der Waals surface area contributed by atoms with Crippen LogP contribution >= 0.6 is 0 Å². The van der Waals surface area contributed by atoms with Crippen LogP contribution in [0.5, 0.6) is 0 Å². The number of aliphatic hydroxyl groups is 1. The second-order valence-electron chi connectivity index (χ2n) is 10.4. The fourth-order valence-electron chi connectivity index (χ4n) is 2.44. The van der Waals surface area contributed by atoms with E-state index in [1.807, 2.05) is 0 Å². The summed E-state index contributed by atoms with van der Waals surface area (Å²) in [5.41, 5.74) is 0.886. The Hall–Kier alpha value is 0.0538. The predicted octanol–water partition coefficient (Wildman–Crippen LogP) is 5.34. The van der Waals surface area contributed by atoms with Crippen LogP contribution in [0.3, 0.4) is 0 Å². The normalized spacial score (nSPS) is 27.0. The van der Waals surface area contributed by atoms with E-state index in [0.717, 1.165) is 5.57 Å². The second-order valence-corrected chi connectivity index (χ2v) is 20.0. The molecule has 0 saturated heterocycles. The van der Waals surface area contributed by atoms with Gasteiger partial charge in [0, 0.05) is 18.9 Å². The van der Waals surface area contributed by atoms with Crippen molar-refractivity contribution >= 4 is 16.6 Å². The van der Waals surface area contributed by atoms with E-state index in [9.17, 15) is 5.11 Å². The van der Waals surface area contributed by atoms with Gasteiger partial charge >= 0.3 is 0 Å². The molecule has 1 rings (SSSR count). The summed E-state index contributed by atoms with van der Waals surface area (Å²) in [6, 6.07) is 0. The summed E-state index contributed by atoms with van der Waals surface area (Å²) in [4.78, 5) is 0. The average Bonchev–Trinajstić information content (AvgIpc) is 2.59. The summed E-state index contributed by atoms with van der Waals surface area (Å²) in [5, 5.41) is 10.7. The lowest BCUT2D eigenvalue weighted by Gasteiger charge is -2.41. The Morgan fingerprint density at radius 1 is 1.00 bits per heavy atom. The number of hydrogen-bond donors (Lipinski definition) is 1. The van der Waals surface area contributed by atoms with Crippen LogP contribution in [0.4, 0.5) is 0 Å². The Morgan fingerprint density at radius 3 is 1.88 bits per heavy atom. The lowest BCUT2D eigenvalue weighted by atomic mass is 10.0. The Labute approximate surface area is 152 Å². The van der Waals surface area contributed by atoms with E-state index >= 15 is 0 Å². The van der Waals surface area contributed by atoms with E-state index < -0.39 is 22.7 Å². The topological polar surface area (TPSA) is 38.7 Å². The van der Waals surface area contributed by atoms with E-state index in [0.29, 0.717) is 13.0 Å². The molecule has 1 aliphatic rings. The van der Waals surface area contributed by atoms with Gasteiger partial charge in [0.1, 0.15) is 0 Å². The summed E-state index contributed by atoms with van der Waals surface area (Å²) in [5.74, 6) is 0.100. The molecule has 0 spiro atoms. The van der Waals surface area contributed by atoms with Gasteiger partial charge in [-0.15, -0.1) is 0 Å². The van der Waals surface area contributed by atoms with Crippen molar-refractivity contribution in [1.29, 1.82) is 0 Å². The maximum Gasteiger partial charge on any atom is 0.192 e. The molecule has 24 heavy (non-hydrogen) atoms. The van der Waals surface area contributed by atoms with Gasteiger partial charge in [0.2, 0.25) is 0 Å². The molecule has 0 heterocycles. The first-order valence-electron chi connectivity index (χ1n) is 9.18. The zero-order valence-electron chi connectivity index (χ0n) is 17.6. The SMILES string of the molecule is C=C1C(CO[Si](C)(C)C(C)(C)C)C(O[Si](C)(C)C(C)(C)C)C[C@H]1O. The van der Waals surface area contributed by atoms with Crippen LogP contribution < -0.4 is 0 Å². The number of rotatable bonds is 5. The molecule has 5 heteroatoms. The molecule has 1 saturated carbocycles. The molecule has 0 aromatic heterocycles. The summed E-state index contributed by atoms with van der Waals surface area (Å²) in [6.07, 6.45) is 0.211. The quantitative estimate of drug-likeness (QED) is 0.523. The fourth-order valence-corrected chi connectivity index (χ4v) is 4.84. The van der Waals surface area contributed by atoms with Crippen LogP contribution in [0.1, 0.15) is 48.0 Å². The fraction of sp³-hybridized carbons (Fsp3) is 0.895. The second kappa shape index (κ2) is 6.99. The highest BCUT2D eigenvalue weighted by Crippen LogP contribution is 2.43. The standard InChI is InChI=1S/C19H40O3Si2/c1-14-15(13-21-23(8,9)18(2,3)4)17(12-16(14)20)22-24(10,11)19(5,6)7/h15-17,20H,1,12-13H2,2-11H3/t15?,16-,17?/m1/s1. The zero-order chi connectivity index (χ0) is 19.1. The highest BCUT2D eigenvalue weighted by molar-refractivity contribution is 6.74. The minimum Gasteiger partial charge on any atom is -0.416 e. The van der Waals surface area contributed by atoms with Crippen LogP contribution in [-0.4, -0.2) is 40.6 Å². The van der Waals surface area contributed by atoms with Crippen LogP contribution in [0.15, 0.2) is 12.2 Å². The van der Waals surface area contributed by atoms with Crippen molar-refractivity contribution < 1.29 is 14.0 Å². The molecule has 0 radical (unpaired) electrons. The Bertz CT molecular complexity index is 458. The molecule has 3 nitrogen and oxygen atoms in total. The highest BCUT2D eigenvalue weighted by Gasteiger charge is 2.46. The lowest BCUT2D eigenvalue weighted by molar-refractivity contribution is 0.103. The summed E-state index contributed by atoms with van der Waals surface area (Å²) >= 11 is 0. The van der Waals surface area contributed by atoms with E-state index in [1.54, 1.807) is 0 Å². The zero-order valence-corrected chi connectivity index (χ0v) is 19.6. The van der Waals surface area contributed by atoms with Gasteiger partial charge in [0.15, 0.2) is 16.6 Å². The van der Waals surface area contributed by atoms with Crippen molar-refractivity contribution in [2.24, 2.45) is 5.92 Å². The van der Waals surface area contributed by atoms with Crippen LogP contribution in [0.25, 0.3) is 0 Å². The number of hydrogen-bond acceptors (Lipinski definition) is 3. The largest absolute Gasteiger partial charge is 0.416 e. The van der Waals surface area contributed by atoms with Crippen molar-refractivity contribution in [3.63, 3.8) is 0 Å². The third-order valence-electron chi connectivity index (χ3n) is 6.49. The van der Waals surface area contributed by atoms with Gasteiger partial charge in [0.25, 0.3) is 0 Å². The maximum atomic E-state index is 10.3. The predicted molar refractivity (Wildman–Crippen MR) is 108 cm³/mol. The van der Waals surface area contributed by atoms with Crippen molar-refractivity contribution in [3.8, 4) is 0 Å². The smallest absolute Gasteiger partial charge is 0.192 e. The first kappa shape index (κ1) is 22.1. The van der Waals surface area contributed by atoms with E-state index in [-0.39, 0.29) is 22.1 Å². The van der Waals surface area contributed by atoms with Gasteiger partial charge in [-0.25, -0.2) is 0 Å². The summed E-state index contributed by atoms with van der Waals surface area (Å²) < 4.78 is 13.1. The molecule has 0 aromatic carbocycles. The molecule has 1 fully saturated rings. The molecular weight excluding hydrogens is 332 g/mol. The van der Waals surface area contributed by atoms with Gasteiger partial charge in [-0.1, -0.05) is 48.1 Å². The van der Waals surface area contributed by atoms with Gasteiger partial charge in [-0.05, 0) is 41.8 Å². The van der Waals surface area contributed by atoms with Crippen LogP contribution in [-0.2, 0) is 8.85 Å². The van der Waals surface area contributed by atoms with Crippen molar-refractivity contribution in [3.05, 3.63) is 12.2 Å². The van der Waals surface area contributed by atoms with Gasteiger partial charge in [-0.2, -0.15) is 0 Å². The lowest BCUT2D eigenvalue weighted by Crippen LogP contribution is -2.47. The van der Waals surface area contributed by atoms with Crippen LogP contribution in [0.2, 0.25) is 36.3 Å². The third-order valence-corrected chi connectivity index (χ3v) is 15.5. The Kier molecular flexibility index (Phi) is 6.43. The molecule has 1 aliphatic carbocycles. The van der Waals surface area contributed by atoms with E-state index in [4.69, 9.17) is 8.85 Å². The molecule has 1 N–H and O–H groups in total. The molecule has 3 atom stereocenters. The Balaban J connectivity index is 2.88. The number of aliphatic hydroxyl groups excluding tert-OH is 1. The Morgan fingerprint density at radius 2 is 1.46 bits per heavy atom. The molecule has 0 amide bonds. The molecular formula is C19H40O3Si2. The molecule has 2 unspecified atom stereocenters. The van der Waals surface area contributed by atoms with Crippen molar-refractivity contribution in [2.45, 2.75) is 96.4 Å².